The molecule has 0 unspecified atom stereocenters. The molecular weight excluding hydrogens is 578 g/mol. The van der Waals surface area contributed by atoms with Crippen LogP contribution >= 0.6 is 15.9 Å². The van der Waals surface area contributed by atoms with Gasteiger partial charge < -0.3 is 10.2 Å². The standard InChI is InChI=1S/C30H36BrN3O4S/c1-21(2)32-30(36)28(18-24-10-7-6-8-11-24)33(19-25-12-9-13-26(31)17-25)29(35)20-34(39(5,37)38)27-15-22(3)14-23(4)16-27/h6-17,21,28H,18-20H2,1-5H3,(H,32,36)/t28-/m1/s1. The van der Waals surface area contributed by atoms with Crippen LogP contribution in [0.4, 0.5) is 5.69 Å². The lowest BCUT2D eigenvalue weighted by Gasteiger charge is -2.34. The van der Waals surface area contributed by atoms with E-state index in [1.54, 1.807) is 12.1 Å². The maximum Gasteiger partial charge on any atom is 0.244 e. The molecule has 0 fully saturated rings. The Labute approximate surface area is 240 Å². The van der Waals surface area contributed by atoms with Crippen LogP contribution in [0, 0.1) is 13.8 Å². The Morgan fingerprint density at radius 2 is 1.51 bits per heavy atom. The Hall–Kier alpha value is -3.17. The number of rotatable bonds is 11. The highest BCUT2D eigenvalue weighted by atomic mass is 79.9. The molecule has 39 heavy (non-hydrogen) atoms. The average molecular weight is 615 g/mol. The summed E-state index contributed by atoms with van der Waals surface area (Å²) in [6, 6.07) is 21.4. The Morgan fingerprint density at radius 3 is 2.08 bits per heavy atom. The number of amides is 2. The fraction of sp³-hybridized carbons (Fsp3) is 0.333. The monoisotopic (exact) mass is 613 g/mol. The third-order valence-electron chi connectivity index (χ3n) is 6.12. The van der Waals surface area contributed by atoms with E-state index in [0.717, 1.165) is 37.3 Å². The van der Waals surface area contributed by atoms with Gasteiger partial charge in [-0.2, -0.15) is 0 Å². The number of hydrogen-bond acceptors (Lipinski definition) is 4. The molecule has 0 saturated carbocycles. The van der Waals surface area contributed by atoms with Gasteiger partial charge in [-0.3, -0.25) is 13.9 Å². The molecule has 9 heteroatoms. The van der Waals surface area contributed by atoms with Crippen LogP contribution in [0.3, 0.4) is 0 Å². The third kappa shape index (κ3) is 8.93. The maximum atomic E-state index is 14.1. The van der Waals surface area contributed by atoms with Crippen LogP contribution in [0.1, 0.15) is 36.1 Å². The van der Waals surface area contributed by atoms with Gasteiger partial charge in [-0.05, 0) is 74.2 Å². The van der Waals surface area contributed by atoms with Crippen LogP contribution < -0.4 is 9.62 Å². The Morgan fingerprint density at radius 1 is 0.897 bits per heavy atom. The van der Waals surface area contributed by atoms with Gasteiger partial charge in [0.25, 0.3) is 0 Å². The summed E-state index contributed by atoms with van der Waals surface area (Å²) in [6.07, 6.45) is 1.37. The van der Waals surface area contributed by atoms with Gasteiger partial charge in [0.15, 0.2) is 0 Å². The van der Waals surface area contributed by atoms with Crippen molar-refractivity contribution in [3.05, 3.63) is 99.5 Å². The SMILES string of the molecule is Cc1cc(C)cc(N(CC(=O)N(Cc2cccc(Br)c2)[C@H](Cc2ccccc2)C(=O)NC(C)C)S(C)(=O)=O)c1. The quantitative estimate of drug-likeness (QED) is 0.330. The molecule has 0 bridgehead atoms. The van der Waals surface area contributed by atoms with E-state index in [1.165, 1.54) is 4.90 Å². The van der Waals surface area contributed by atoms with E-state index < -0.39 is 28.5 Å². The number of halogens is 1. The van der Waals surface area contributed by atoms with Gasteiger partial charge in [0.05, 0.1) is 11.9 Å². The summed E-state index contributed by atoms with van der Waals surface area (Å²) in [5.41, 5.74) is 3.89. The van der Waals surface area contributed by atoms with Gasteiger partial charge in [0, 0.05) is 23.5 Å². The second kappa shape index (κ2) is 13.3. The molecule has 3 aromatic carbocycles. The van der Waals surface area contributed by atoms with Gasteiger partial charge in [-0.15, -0.1) is 0 Å². The third-order valence-corrected chi connectivity index (χ3v) is 7.75. The van der Waals surface area contributed by atoms with Gasteiger partial charge in [0.2, 0.25) is 21.8 Å². The molecule has 3 rings (SSSR count). The molecule has 1 atom stereocenters. The molecule has 0 aromatic heterocycles. The van der Waals surface area contributed by atoms with Gasteiger partial charge in [-0.25, -0.2) is 8.42 Å². The van der Waals surface area contributed by atoms with Crippen molar-refractivity contribution in [3.8, 4) is 0 Å². The van der Waals surface area contributed by atoms with E-state index in [0.29, 0.717) is 5.69 Å². The van der Waals surface area contributed by atoms with Crippen LogP contribution in [0.5, 0.6) is 0 Å². The molecule has 2 amide bonds. The van der Waals surface area contributed by atoms with Crippen LogP contribution in [-0.4, -0.2) is 50.0 Å². The summed E-state index contributed by atoms with van der Waals surface area (Å²) in [6.45, 7) is 7.18. The zero-order valence-electron chi connectivity index (χ0n) is 23.0. The normalized spacial score (nSPS) is 12.2. The van der Waals surface area contributed by atoms with Crippen LogP contribution in [-0.2, 0) is 32.6 Å². The summed E-state index contributed by atoms with van der Waals surface area (Å²) >= 11 is 3.48. The van der Waals surface area contributed by atoms with Crippen LogP contribution in [0.2, 0.25) is 0 Å². The van der Waals surface area contributed by atoms with E-state index in [2.05, 4.69) is 21.2 Å². The molecule has 0 aliphatic rings. The average Bonchev–Trinajstić information content (AvgIpc) is 2.83. The van der Waals surface area contributed by atoms with E-state index in [1.807, 2.05) is 88.4 Å². The minimum absolute atomic E-state index is 0.131. The second-order valence-electron chi connectivity index (χ2n) is 10.1. The Bertz CT molecular complexity index is 1390. The molecule has 1 N–H and O–H groups in total. The number of anilines is 1. The maximum absolute atomic E-state index is 14.1. The molecule has 7 nitrogen and oxygen atoms in total. The first-order chi connectivity index (χ1) is 18.3. The summed E-state index contributed by atoms with van der Waals surface area (Å²) in [5, 5.41) is 2.95. The van der Waals surface area contributed by atoms with Crippen molar-refractivity contribution < 1.29 is 18.0 Å². The zero-order valence-corrected chi connectivity index (χ0v) is 25.4. The number of carbonyl (C=O) groups excluding carboxylic acids is 2. The first-order valence-electron chi connectivity index (χ1n) is 12.8. The Kier molecular flexibility index (Phi) is 10.3. The van der Waals surface area contributed by atoms with Gasteiger partial charge in [-0.1, -0.05) is 64.5 Å². The van der Waals surface area contributed by atoms with Crippen molar-refractivity contribution >= 4 is 43.5 Å². The van der Waals surface area contributed by atoms with E-state index >= 15 is 0 Å². The van der Waals surface area contributed by atoms with Crippen molar-refractivity contribution in [1.82, 2.24) is 10.2 Å². The summed E-state index contributed by atoms with van der Waals surface area (Å²) in [4.78, 5) is 29.1. The lowest BCUT2D eigenvalue weighted by atomic mass is 10.0. The van der Waals surface area contributed by atoms with Gasteiger partial charge >= 0.3 is 0 Å². The number of sulfonamides is 1. The molecule has 0 heterocycles. The summed E-state index contributed by atoms with van der Waals surface area (Å²) < 4.78 is 27.8. The van der Waals surface area contributed by atoms with Crippen LogP contribution in [0.25, 0.3) is 0 Å². The number of nitrogens with one attached hydrogen (secondary N) is 1. The highest BCUT2D eigenvalue weighted by Gasteiger charge is 2.33. The fourth-order valence-electron chi connectivity index (χ4n) is 4.48. The highest BCUT2D eigenvalue weighted by molar-refractivity contribution is 9.10. The number of hydrogen-bond donors (Lipinski definition) is 1. The minimum Gasteiger partial charge on any atom is -0.352 e. The molecule has 3 aromatic rings. The second-order valence-corrected chi connectivity index (χ2v) is 13.0. The molecule has 0 spiro atoms. The number of aryl methyl sites for hydroxylation is 2. The van der Waals surface area contributed by atoms with Crippen molar-refractivity contribution in [3.63, 3.8) is 0 Å². The fourth-order valence-corrected chi connectivity index (χ4v) is 5.75. The lowest BCUT2D eigenvalue weighted by molar-refractivity contribution is -0.140. The highest BCUT2D eigenvalue weighted by Crippen LogP contribution is 2.23. The number of nitrogens with zero attached hydrogens (tertiary/aromatic N) is 2. The van der Waals surface area contributed by atoms with E-state index in [9.17, 15) is 18.0 Å². The number of carbonyl (C=O) groups is 2. The van der Waals surface area contributed by atoms with E-state index in [-0.39, 0.29) is 24.9 Å². The predicted molar refractivity (Wildman–Crippen MR) is 160 cm³/mol. The Balaban J connectivity index is 2.07. The number of benzene rings is 3. The first kappa shape index (κ1) is 30.4. The smallest absolute Gasteiger partial charge is 0.244 e. The van der Waals surface area contributed by atoms with Gasteiger partial charge in [0.1, 0.15) is 12.6 Å². The van der Waals surface area contributed by atoms with E-state index in [4.69, 9.17) is 0 Å². The summed E-state index contributed by atoms with van der Waals surface area (Å²) in [5.74, 6) is -0.770. The molecule has 0 aliphatic carbocycles. The van der Waals surface area contributed by atoms with Crippen molar-refractivity contribution in [2.24, 2.45) is 0 Å². The molecular formula is C30H36BrN3O4S. The van der Waals surface area contributed by atoms with Crippen molar-refractivity contribution in [2.75, 3.05) is 17.1 Å². The minimum atomic E-state index is -3.81. The molecule has 0 saturated heterocycles. The zero-order chi connectivity index (χ0) is 28.7. The molecule has 0 radical (unpaired) electrons. The lowest BCUT2D eigenvalue weighted by Crippen LogP contribution is -2.54. The largest absolute Gasteiger partial charge is 0.352 e. The first-order valence-corrected chi connectivity index (χ1v) is 15.4. The van der Waals surface area contributed by atoms with Crippen molar-refractivity contribution in [2.45, 2.75) is 52.7 Å². The summed E-state index contributed by atoms with van der Waals surface area (Å²) in [7, 11) is -3.81. The van der Waals surface area contributed by atoms with Crippen molar-refractivity contribution in [1.29, 1.82) is 0 Å². The topological polar surface area (TPSA) is 86.8 Å². The predicted octanol–water partition coefficient (Wildman–Crippen LogP) is 5.00. The van der Waals surface area contributed by atoms with Crippen LogP contribution in [0.15, 0.2) is 77.3 Å². The molecule has 0 aliphatic heterocycles. The molecule has 208 valence electrons.